The van der Waals surface area contributed by atoms with Gasteiger partial charge in [-0.1, -0.05) is 13.0 Å². The summed E-state index contributed by atoms with van der Waals surface area (Å²) in [5.41, 5.74) is 2.61. The Hall–Kier alpha value is -1.16. The lowest BCUT2D eigenvalue weighted by molar-refractivity contribution is 0.209. The fourth-order valence-electron chi connectivity index (χ4n) is 3.96. The van der Waals surface area contributed by atoms with E-state index in [-0.39, 0.29) is 11.4 Å². The molecular formula is C17H24F2N2. The highest BCUT2D eigenvalue weighted by atomic mass is 19.1. The number of nitrogens with one attached hydrogen (secondary N) is 1. The summed E-state index contributed by atoms with van der Waals surface area (Å²) in [6.07, 6.45) is 2.93. The minimum Gasteiger partial charge on any atom is -0.383 e. The molecule has 2 atom stereocenters. The zero-order chi connectivity index (χ0) is 15.0. The fraction of sp³-hybridized carbons (Fsp3) is 0.647. The summed E-state index contributed by atoms with van der Waals surface area (Å²) in [7, 11) is 0. The average molecular weight is 294 g/mol. The number of aryl methyl sites for hydroxylation is 2. The molecule has 2 fully saturated rings. The number of fused-ring (bicyclic) bond motifs is 1. The third-order valence-electron chi connectivity index (χ3n) is 5.13. The number of halogens is 2. The molecule has 0 saturated carbocycles. The first-order valence-corrected chi connectivity index (χ1v) is 7.96. The van der Waals surface area contributed by atoms with Gasteiger partial charge in [-0.3, -0.25) is 4.90 Å². The van der Waals surface area contributed by atoms with Crippen LogP contribution >= 0.6 is 0 Å². The van der Waals surface area contributed by atoms with Gasteiger partial charge in [0.2, 0.25) is 0 Å². The molecule has 1 aromatic carbocycles. The predicted molar refractivity (Wildman–Crippen MR) is 82.1 cm³/mol. The molecule has 21 heavy (non-hydrogen) atoms. The topological polar surface area (TPSA) is 15.3 Å². The van der Waals surface area contributed by atoms with Gasteiger partial charge in [-0.15, -0.1) is 0 Å². The number of rotatable bonds is 4. The number of anilines is 1. The average Bonchev–Trinajstić information content (AvgIpc) is 2.95. The van der Waals surface area contributed by atoms with Crippen LogP contribution in [0.15, 0.2) is 12.1 Å². The minimum absolute atomic E-state index is 0.0637. The summed E-state index contributed by atoms with van der Waals surface area (Å²) in [5.74, 6) is -0.176. The summed E-state index contributed by atoms with van der Waals surface area (Å²) in [5, 5.41) is 3.41. The Morgan fingerprint density at radius 1 is 1.43 bits per heavy atom. The maximum Gasteiger partial charge on any atom is 0.128 e. The van der Waals surface area contributed by atoms with Crippen LogP contribution in [0.4, 0.5) is 14.5 Å². The first-order valence-electron chi connectivity index (χ1n) is 7.96. The lowest BCUT2D eigenvalue weighted by Crippen LogP contribution is -2.44. The molecule has 1 N–H and O–H groups in total. The number of hydrogen-bond acceptors (Lipinski definition) is 2. The summed E-state index contributed by atoms with van der Waals surface area (Å²) in [4.78, 5) is 2.28. The molecule has 0 radical (unpaired) electrons. The molecule has 4 heteroatoms. The Balaban J connectivity index is 1.77. The molecule has 2 aliphatic heterocycles. The van der Waals surface area contributed by atoms with Crippen LogP contribution in [0.2, 0.25) is 0 Å². The van der Waals surface area contributed by atoms with Crippen molar-refractivity contribution in [1.82, 2.24) is 4.90 Å². The van der Waals surface area contributed by atoms with E-state index in [1.165, 1.54) is 0 Å². The van der Waals surface area contributed by atoms with E-state index in [0.717, 1.165) is 37.1 Å². The lowest BCUT2D eigenvalue weighted by Gasteiger charge is -2.32. The fourth-order valence-corrected chi connectivity index (χ4v) is 3.96. The highest BCUT2D eigenvalue weighted by molar-refractivity contribution is 5.53. The zero-order valence-corrected chi connectivity index (χ0v) is 12.9. The molecule has 0 bridgehead atoms. The Morgan fingerprint density at radius 2 is 2.24 bits per heavy atom. The van der Waals surface area contributed by atoms with E-state index < -0.39 is 6.17 Å². The molecule has 0 aliphatic carbocycles. The number of alkyl halides is 1. The Labute approximate surface area is 125 Å². The third kappa shape index (κ3) is 2.66. The number of nitrogens with zero attached hydrogens (tertiary/aromatic N) is 1. The molecule has 116 valence electrons. The highest BCUT2D eigenvalue weighted by Crippen LogP contribution is 2.40. The molecule has 2 nitrogen and oxygen atoms in total. The van der Waals surface area contributed by atoms with Crippen LogP contribution < -0.4 is 5.32 Å². The summed E-state index contributed by atoms with van der Waals surface area (Å²) in [6.45, 7) is 6.13. The standard InChI is InChI=1S/C17H24F2N2/c1-3-13-7-12(2)15(19)8-16(13)20-11-17-5-4-6-21(17)10-14(18)9-17/h7-8,14,20H,3-6,9-11H2,1-2H3. The van der Waals surface area contributed by atoms with Gasteiger partial charge in [-0.2, -0.15) is 0 Å². The molecule has 0 amide bonds. The van der Waals surface area contributed by atoms with Crippen LogP contribution in [-0.2, 0) is 6.42 Å². The van der Waals surface area contributed by atoms with Crippen LogP contribution in [0.3, 0.4) is 0 Å². The first kappa shape index (κ1) is 14.8. The van der Waals surface area contributed by atoms with Crippen molar-refractivity contribution in [1.29, 1.82) is 0 Å². The van der Waals surface area contributed by atoms with Crippen LogP contribution in [0.5, 0.6) is 0 Å². The molecule has 0 spiro atoms. The van der Waals surface area contributed by atoms with Crippen molar-refractivity contribution in [2.75, 3.05) is 25.0 Å². The van der Waals surface area contributed by atoms with Gasteiger partial charge in [0.15, 0.2) is 0 Å². The van der Waals surface area contributed by atoms with E-state index in [9.17, 15) is 8.78 Å². The highest BCUT2D eigenvalue weighted by Gasteiger charge is 2.48. The molecule has 2 heterocycles. The third-order valence-corrected chi connectivity index (χ3v) is 5.13. The van der Waals surface area contributed by atoms with Crippen LogP contribution in [0.25, 0.3) is 0 Å². The van der Waals surface area contributed by atoms with Gasteiger partial charge >= 0.3 is 0 Å². The van der Waals surface area contributed by atoms with Gasteiger partial charge < -0.3 is 5.32 Å². The van der Waals surface area contributed by atoms with E-state index in [1.807, 2.05) is 6.07 Å². The molecule has 2 saturated heterocycles. The first-order chi connectivity index (χ1) is 10.0. The van der Waals surface area contributed by atoms with Crippen LogP contribution in [-0.4, -0.2) is 36.2 Å². The Kier molecular flexibility index (Phi) is 3.91. The number of hydrogen-bond donors (Lipinski definition) is 1. The van der Waals surface area contributed by atoms with Crippen molar-refractivity contribution in [3.63, 3.8) is 0 Å². The summed E-state index contributed by atoms with van der Waals surface area (Å²) >= 11 is 0. The van der Waals surface area contributed by atoms with Crippen LogP contribution in [0, 0.1) is 12.7 Å². The maximum absolute atomic E-state index is 13.8. The van der Waals surface area contributed by atoms with Gasteiger partial charge in [0, 0.05) is 24.3 Å². The molecule has 1 aromatic rings. The Bertz CT molecular complexity index is 532. The second kappa shape index (κ2) is 5.56. The second-order valence-corrected chi connectivity index (χ2v) is 6.54. The number of benzene rings is 1. The quantitative estimate of drug-likeness (QED) is 0.911. The monoisotopic (exact) mass is 294 g/mol. The smallest absolute Gasteiger partial charge is 0.128 e. The van der Waals surface area contributed by atoms with E-state index in [4.69, 9.17) is 0 Å². The van der Waals surface area contributed by atoms with Gasteiger partial charge in [0.1, 0.15) is 12.0 Å². The van der Waals surface area contributed by atoms with Gasteiger partial charge in [0.05, 0.1) is 0 Å². The van der Waals surface area contributed by atoms with Crippen LogP contribution in [0.1, 0.15) is 37.3 Å². The van der Waals surface area contributed by atoms with E-state index in [2.05, 4.69) is 17.1 Å². The van der Waals surface area contributed by atoms with Crippen molar-refractivity contribution in [3.05, 3.63) is 29.1 Å². The SMILES string of the molecule is CCc1cc(C)c(F)cc1NCC12CCCN1CC(F)C2. The van der Waals surface area contributed by atoms with Crippen molar-refractivity contribution >= 4 is 5.69 Å². The van der Waals surface area contributed by atoms with Crippen molar-refractivity contribution in [2.45, 2.75) is 51.2 Å². The van der Waals surface area contributed by atoms with E-state index in [1.54, 1.807) is 13.0 Å². The van der Waals surface area contributed by atoms with Crippen molar-refractivity contribution < 1.29 is 8.78 Å². The van der Waals surface area contributed by atoms with Crippen molar-refractivity contribution in [3.8, 4) is 0 Å². The molecule has 2 unspecified atom stereocenters. The van der Waals surface area contributed by atoms with Gasteiger partial charge in [0.25, 0.3) is 0 Å². The van der Waals surface area contributed by atoms with Crippen molar-refractivity contribution in [2.24, 2.45) is 0 Å². The largest absolute Gasteiger partial charge is 0.383 e. The van der Waals surface area contributed by atoms with E-state index in [0.29, 0.717) is 25.1 Å². The molecule has 3 rings (SSSR count). The zero-order valence-electron chi connectivity index (χ0n) is 12.9. The summed E-state index contributed by atoms with van der Waals surface area (Å²) in [6, 6.07) is 3.50. The van der Waals surface area contributed by atoms with Gasteiger partial charge in [-0.05, 0) is 56.3 Å². The summed E-state index contributed by atoms with van der Waals surface area (Å²) < 4.78 is 27.6. The van der Waals surface area contributed by atoms with E-state index >= 15 is 0 Å². The predicted octanol–water partition coefficient (Wildman–Crippen LogP) is 3.68. The lowest BCUT2D eigenvalue weighted by atomic mass is 9.93. The maximum atomic E-state index is 13.8. The van der Waals surface area contributed by atoms with Gasteiger partial charge in [-0.25, -0.2) is 8.78 Å². The Morgan fingerprint density at radius 3 is 3.00 bits per heavy atom. The molecular weight excluding hydrogens is 270 g/mol. The normalized spacial score (nSPS) is 28.9. The molecule has 0 aromatic heterocycles. The second-order valence-electron chi connectivity index (χ2n) is 6.54. The minimum atomic E-state index is -0.715. The molecule has 2 aliphatic rings.